The first kappa shape index (κ1) is 13.4. The third-order valence-corrected chi connectivity index (χ3v) is 5.12. The van der Waals surface area contributed by atoms with Crippen molar-refractivity contribution in [2.24, 2.45) is 11.8 Å². The lowest BCUT2D eigenvalue weighted by atomic mass is 9.92. The molecule has 3 fully saturated rings. The van der Waals surface area contributed by atoms with Crippen LogP contribution in [-0.4, -0.2) is 47.8 Å². The van der Waals surface area contributed by atoms with Crippen molar-refractivity contribution in [2.45, 2.75) is 57.1 Å². The largest absolute Gasteiger partial charge is 0.393 e. The predicted octanol–water partition coefficient (Wildman–Crippen LogP) is 1.56. The Bertz CT molecular complexity index is 327. The van der Waals surface area contributed by atoms with Gasteiger partial charge < -0.3 is 14.7 Å². The molecule has 1 amide bonds. The highest BCUT2D eigenvalue weighted by molar-refractivity contribution is 5.79. The molecule has 0 aromatic rings. The fourth-order valence-corrected chi connectivity index (χ4v) is 4.10. The van der Waals surface area contributed by atoms with Gasteiger partial charge in [0, 0.05) is 25.1 Å². The van der Waals surface area contributed by atoms with E-state index in [1.54, 1.807) is 0 Å². The minimum Gasteiger partial charge on any atom is -0.393 e. The molecule has 0 radical (unpaired) electrons. The second kappa shape index (κ2) is 5.80. The SMILES string of the molecule is O=C(C1CCCOC1)N1CCCC1C1CCCC1O. The maximum atomic E-state index is 12.6. The molecular weight excluding hydrogens is 242 g/mol. The van der Waals surface area contributed by atoms with Crippen LogP contribution in [0.2, 0.25) is 0 Å². The monoisotopic (exact) mass is 267 g/mol. The zero-order chi connectivity index (χ0) is 13.2. The number of carbonyl (C=O) groups is 1. The smallest absolute Gasteiger partial charge is 0.228 e. The summed E-state index contributed by atoms with van der Waals surface area (Å²) >= 11 is 0. The van der Waals surface area contributed by atoms with Gasteiger partial charge in [0.2, 0.25) is 5.91 Å². The first-order chi connectivity index (χ1) is 9.27. The molecule has 3 rings (SSSR count). The minimum atomic E-state index is -0.194. The molecular formula is C15H25NO3. The van der Waals surface area contributed by atoms with E-state index in [0.29, 0.717) is 12.5 Å². The number of hydrogen-bond donors (Lipinski definition) is 1. The Balaban J connectivity index is 1.66. The van der Waals surface area contributed by atoms with E-state index in [1.165, 1.54) is 0 Å². The van der Waals surface area contributed by atoms with Gasteiger partial charge >= 0.3 is 0 Å². The van der Waals surface area contributed by atoms with Gasteiger partial charge in [0.1, 0.15) is 0 Å². The standard InChI is InChI=1S/C15H25NO3/c17-14-7-1-5-12(14)13-6-2-8-16(13)15(18)11-4-3-9-19-10-11/h11-14,17H,1-10H2. The fraction of sp³-hybridized carbons (Fsp3) is 0.933. The van der Waals surface area contributed by atoms with Crippen molar-refractivity contribution in [1.29, 1.82) is 0 Å². The van der Waals surface area contributed by atoms with E-state index in [4.69, 9.17) is 4.74 Å². The Hall–Kier alpha value is -0.610. The quantitative estimate of drug-likeness (QED) is 0.826. The maximum absolute atomic E-state index is 12.6. The zero-order valence-electron chi connectivity index (χ0n) is 11.6. The normalized spacial score (nSPS) is 39.7. The molecule has 108 valence electrons. The molecule has 0 spiro atoms. The summed E-state index contributed by atoms with van der Waals surface area (Å²) in [5.41, 5.74) is 0. The van der Waals surface area contributed by atoms with Crippen LogP contribution < -0.4 is 0 Å². The molecule has 1 aliphatic carbocycles. The van der Waals surface area contributed by atoms with E-state index < -0.39 is 0 Å². The molecule has 3 aliphatic rings. The fourth-order valence-electron chi connectivity index (χ4n) is 4.10. The number of likely N-dealkylation sites (tertiary alicyclic amines) is 1. The van der Waals surface area contributed by atoms with E-state index in [9.17, 15) is 9.90 Å². The summed E-state index contributed by atoms with van der Waals surface area (Å²) in [5, 5.41) is 10.1. The summed E-state index contributed by atoms with van der Waals surface area (Å²) in [6.07, 6.45) is 7.04. The second-order valence-electron chi connectivity index (χ2n) is 6.32. The first-order valence-corrected chi connectivity index (χ1v) is 7.83. The van der Waals surface area contributed by atoms with Crippen LogP contribution in [0.1, 0.15) is 44.9 Å². The summed E-state index contributed by atoms with van der Waals surface area (Å²) in [6, 6.07) is 0.284. The molecule has 2 aliphatic heterocycles. The molecule has 4 unspecified atom stereocenters. The molecule has 1 N–H and O–H groups in total. The van der Waals surface area contributed by atoms with Crippen molar-refractivity contribution in [3.8, 4) is 0 Å². The van der Waals surface area contributed by atoms with E-state index in [0.717, 1.165) is 58.1 Å². The average Bonchev–Trinajstić information content (AvgIpc) is 3.07. The Morgan fingerprint density at radius 1 is 1.11 bits per heavy atom. The highest BCUT2D eigenvalue weighted by Crippen LogP contribution is 2.36. The van der Waals surface area contributed by atoms with Gasteiger partial charge in [-0.2, -0.15) is 0 Å². The summed E-state index contributed by atoms with van der Waals surface area (Å²) in [4.78, 5) is 14.7. The van der Waals surface area contributed by atoms with E-state index in [2.05, 4.69) is 4.90 Å². The van der Waals surface area contributed by atoms with Crippen molar-refractivity contribution in [2.75, 3.05) is 19.8 Å². The van der Waals surface area contributed by atoms with Gasteiger partial charge in [0.15, 0.2) is 0 Å². The van der Waals surface area contributed by atoms with Gasteiger partial charge in [-0.15, -0.1) is 0 Å². The molecule has 4 atom stereocenters. The maximum Gasteiger partial charge on any atom is 0.228 e. The number of carbonyl (C=O) groups excluding carboxylic acids is 1. The summed E-state index contributed by atoms with van der Waals surface area (Å²) in [7, 11) is 0. The third kappa shape index (κ3) is 2.65. The van der Waals surface area contributed by atoms with Crippen LogP contribution in [0.4, 0.5) is 0 Å². The van der Waals surface area contributed by atoms with Gasteiger partial charge in [-0.05, 0) is 38.5 Å². The van der Waals surface area contributed by atoms with Crippen molar-refractivity contribution in [3.63, 3.8) is 0 Å². The van der Waals surface area contributed by atoms with Crippen LogP contribution in [0.25, 0.3) is 0 Å². The van der Waals surface area contributed by atoms with Gasteiger partial charge in [0.05, 0.1) is 18.6 Å². The summed E-state index contributed by atoms with van der Waals surface area (Å²) in [6.45, 7) is 2.27. The molecule has 4 heteroatoms. The highest BCUT2D eigenvalue weighted by atomic mass is 16.5. The molecule has 0 bridgehead atoms. The Labute approximate surface area is 115 Å². The van der Waals surface area contributed by atoms with Crippen LogP contribution in [0.3, 0.4) is 0 Å². The average molecular weight is 267 g/mol. The van der Waals surface area contributed by atoms with Crippen LogP contribution in [0.5, 0.6) is 0 Å². The molecule has 19 heavy (non-hydrogen) atoms. The lowest BCUT2D eigenvalue weighted by molar-refractivity contribution is -0.142. The van der Waals surface area contributed by atoms with Crippen molar-refractivity contribution in [3.05, 3.63) is 0 Å². The number of nitrogens with zero attached hydrogens (tertiary/aromatic N) is 1. The summed E-state index contributed by atoms with van der Waals surface area (Å²) < 4.78 is 5.45. The number of hydrogen-bond acceptors (Lipinski definition) is 3. The lowest BCUT2D eigenvalue weighted by Crippen LogP contribution is -2.46. The third-order valence-electron chi connectivity index (χ3n) is 5.12. The van der Waals surface area contributed by atoms with Gasteiger partial charge in [-0.1, -0.05) is 6.42 Å². The van der Waals surface area contributed by atoms with Crippen molar-refractivity contribution >= 4 is 5.91 Å². The number of aliphatic hydroxyl groups is 1. The van der Waals surface area contributed by atoms with Crippen molar-refractivity contribution < 1.29 is 14.6 Å². The van der Waals surface area contributed by atoms with Crippen molar-refractivity contribution in [1.82, 2.24) is 4.90 Å². The van der Waals surface area contributed by atoms with Crippen LogP contribution >= 0.6 is 0 Å². The number of amides is 1. The Kier molecular flexibility index (Phi) is 4.08. The molecule has 0 aromatic heterocycles. The van der Waals surface area contributed by atoms with E-state index >= 15 is 0 Å². The summed E-state index contributed by atoms with van der Waals surface area (Å²) in [5.74, 6) is 0.658. The van der Waals surface area contributed by atoms with E-state index in [-0.39, 0.29) is 24.0 Å². The zero-order valence-corrected chi connectivity index (χ0v) is 11.6. The predicted molar refractivity (Wildman–Crippen MR) is 71.6 cm³/mol. The van der Waals surface area contributed by atoms with Crippen LogP contribution in [0.15, 0.2) is 0 Å². The van der Waals surface area contributed by atoms with Crippen LogP contribution in [0, 0.1) is 11.8 Å². The van der Waals surface area contributed by atoms with Crippen LogP contribution in [-0.2, 0) is 9.53 Å². The number of aliphatic hydroxyl groups excluding tert-OH is 1. The molecule has 4 nitrogen and oxygen atoms in total. The second-order valence-corrected chi connectivity index (χ2v) is 6.32. The van der Waals surface area contributed by atoms with Gasteiger partial charge in [0.25, 0.3) is 0 Å². The first-order valence-electron chi connectivity index (χ1n) is 7.83. The lowest BCUT2D eigenvalue weighted by Gasteiger charge is -2.34. The minimum absolute atomic E-state index is 0.0629. The highest BCUT2D eigenvalue weighted by Gasteiger charge is 2.41. The molecule has 0 aromatic carbocycles. The van der Waals surface area contributed by atoms with E-state index in [1.807, 2.05) is 0 Å². The Morgan fingerprint density at radius 2 is 2.00 bits per heavy atom. The number of ether oxygens (including phenoxy) is 1. The Morgan fingerprint density at radius 3 is 2.68 bits per heavy atom. The topological polar surface area (TPSA) is 49.8 Å². The number of rotatable bonds is 2. The van der Waals surface area contributed by atoms with Gasteiger partial charge in [-0.3, -0.25) is 4.79 Å². The van der Waals surface area contributed by atoms with Gasteiger partial charge in [-0.25, -0.2) is 0 Å². The molecule has 2 heterocycles. The molecule has 1 saturated carbocycles. The molecule has 2 saturated heterocycles.